The number of ether oxygens (including phenoxy) is 1. The Morgan fingerprint density at radius 2 is 2.33 bits per heavy atom. The van der Waals surface area contributed by atoms with Gasteiger partial charge in [-0.1, -0.05) is 0 Å². The van der Waals surface area contributed by atoms with Crippen molar-refractivity contribution in [2.45, 2.75) is 12.0 Å². The van der Waals surface area contributed by atoms with Crippen molar-refractivity contribution < 1.29 is 9.84 Å². The van der Waals surface area contributed by atoms with Crippen LogP contribution in [0.1, 0.15) is 11.6 Å². The molecule has 0 amide bonds. The number of aliphatic hydroxyl groups excluding tert-OH is 1. The lowest BCUT2D eigenvalue weighted by Gasteiger charge is -2.09. The minimum atomic E-state index is -0.429. The summed E-state index contributed by atoms with van der Waals surface area (Å²) in [6.07, 6.45) is 4.48. The standard InChI is InChI=1S/C8H10N2O2/c11-8-5-12-4-6(8)7-3-9-1-2-10-7/h1-3,6,8,11H,4-5H2. The molecule has 12 heavy (non-hydrogen) atoms. The number of aliphatic hydroxyl groups is 1. The molecule has 4 nitrogen and oxygen atoms in total. The molecule has 0 aliphatic carbocycles. The molecule has 1 N–H and O–H groups in total. The third-order valence-corrected chi connectivity index (χ3v) is 2.01. The lowest BCUT2D eigenvalue weighted by atomic mass is 10.0. The molecule has 0 bridgehead atoms. The molecule has 4 heteroatoms. The van der Waals surface area contributed by atoms with Crippen LogP contribution in [0.2, 0.25) is 0 Å². The Kier molecular flexibility index (Phi) is 2.01. The minimum Gasteiger partial charge on any atom is -0.390 e. The van der Waals surface area contributed by atoms with E-state index in [4.69, 9.17) is 4.74 Å². The average molecular weight is 166 g/mol. The van der Waals surface area contributed by atoms with Gasteiger partial charge in [-0.15, -0.1) is 0 Å². The van der Waals surface area contributed by atoms with Crippen molar-refractivity contribution in [1.82, 2.24) is 9.97 Å². The monoisotopic (exact) mass is 166 g/mol. The highest BCUT2D eigenvalue weighted by atomic mass is 16.5. The largest absolute Gasteiger partial charge is 0.390 e. The van der Waals surface area contributed by atoms with Gasteiger partial charge in [-0.3, -0.25) is 9.97 Å². The lowest BCUT2D eigenvalue weighted by Crippen LogP contribution is -2.16. The van der Waals surface area contributed by atoms with Gasteiger partial charge in [-0.2, -0.15) is 0 Å². The molecule has 1 aliphatic rings. The molecule has 2 rings (SSSR count). The van der Waals surface area contributed by atoms with Gasteiger partial charge in [0.15, 0.2) is 0 Å². The highest BCUT2D eigenvalue weighted by Gasteiger charge is 2.28. The zero-order valence-corrected chi connectivity index (χ0v) is 6.55. The van der Waals surface area contributed by atoms with E-state index >= 15 is 0 Å². The molecule has 0 saturated carbocycles. The van der Waals surface area contributed by atoms with E-state index in [1.807, 2.05) is 0 Å². The number of nitrogens with zero attached hydrogens (tertiary/aromatic N) is 2. The molecular weight excluding hydrogens is 156 g/mol. The SMILES string of the molecule is OC1COCC1c1cnccn1. The summed E-state index contributed by atoms with van der Waals surface area (Å²) in [4.78, 5) is 8.04. The summed E-state index contributed by atoms with van der Waals surface area (Å²) in [7, 11) is 0. The van der Waals surface area contributed by atoms with Gasteiger partial charge in [0.1, 0.15) is 0 Å². The molecule has 2 atom stereocenters. The summed E-state index contributed by atoms with van der Waals surface area (Å²) in [5.74, 6) is -0.00120. The maximum absolute atomic E-state index is 9.45. The van der Waals surface area contributed by atoms with Crippen LogP contribution in [0.5, 0.6) is 0 Å². The minimum absolute atomic E-state index is 0.00120. The molecular formula is C8H10N2O2. The van der Waals surface area contributed by atoms with E-state index < -0.39 is 6.10 Å². The Hall–Kier alpha value is -1.00. The first-order valence-electron chi connectivity index (χ1n) is 3.89. The summed E-state index contributed by atoms with van der Waals surface area (Å²) in [5.41, 5.74) is 0.808. The molecule has 0 radical (unpaired) electrons. The van der Waals surface area contributed by atoms with E-state index in [0.717, 1.165) is 5.69 Å². The quantitative estimate of drug-likeness (QED) is 0.635. The van der Waals surface area contributed by atoms with Crippen molar-refractivity contribution >= 4 is 0 Å². The Bertz CT molecular complexity index is 252. The smallest absolute Gasteiger partial charge is 0.0879 e. The molecule has 1 saturated heterocycles. The van der Waals surface area contributed by atoms with Crippen LogP contribution in [0, 0.1) is 0 Å². The van der Waals surface area contributed by atoms with E-state index in [-0.39, 0.29) is 5.92 Å². The summed E-state index contributed by atoms with van der Waals surface area (Å²) >= 11 is 0. The van der Waals surface area contributed by atoms with E-state index in [9.17, 15) is 5.11 Å². The summed E-state index contributed by atoms with van der Waals surface area (Å²) in [5, 5.41) is 9.45. The van der Waals surface area contributed by atoms with Crippen LogP contribution in [-0.2, 0) is 4.74 Å². The zero-order chi connectivity index (χ0) is 8.39. The fourth-order valence-corrected chi connectivity index (χ4v) is 1.33. The Morgan fingerprint density at radius 3 is 2.92 bits per heavy atom. The average Bonchev–Trinajstić information content (AvgIpc) is 2.53. The fraction of sp³-hybridized carbons (Fsp3) is 0.500. The topological polar surface area (TPSA) is 55.2 Å². The predicted octanol–water partition coefficient (Wildman–Crippen LogP) is -0.0487. The highest BCUT2D eigenvalue weighted by molar-refractivity contribution is 5.07. The third kappa shape index (κ3) is 1.31. The number of hydrogen-bond donors (Lipinski definition) is 1. The molecule has 1 aromatic rings. The molecule has 0 spiro atoms. The van der Waals surface area contributed by atoms with Gasteiger partial charge in [-0.25, -0.2) is 0 Å². The van der Waals surface area contributed by atoms with Crippen LogP contribution in [0.3, 0.4) is 0 Å². The molecule has 1 aliphatic heterocycles. The van der Waals surface area contributed by atoms with Crippen LogP contribution in [0.15, 0.2) is 18.6 Å². The Labute approximate surface area is 70.2 Å². The Morgan fingerprint density at radius 1 is 1.42 bits per heavy atom. The molecule has 1 fully saturated rings. The highest BCUT2D eigenvalue weighted by Crippen LogP contribution is 2.22. The summed E-state index contributed by atoms with van der Waals surface area (Å²) in [6.45, 7) is 0.946. The molecule has 2 unspecified atom stereocenters. The van der Waals surface area contributed by atoms with Crippen molar-refractivity contribution in [3.05, 3.63) is 24.3 Å². The van der Waals surface area contributed by atoms with Gasteiger partial charge in [0, 0.05) is 18.6 Å². The van der Waals surface area contributed by atoms with Crippen molar-refractivity contribution in [3.8, 4) is 0 Å². The molecule has 0 aromatic carbocycles. The van der Waals surface area contributed by atoms with Gasteiger partial charge >= 0.3 is 0 Å². The van der Waals surface area contributed by atoms with E-state index in [1.54, 1.807) is 18.6 Å². The lowest BCUT2D eigenvalue weighted by molar-refractivity contribution is 0.124. The van der Waals surface area contributed by atoms with Crippen LogP contribution in [0.4, 0.5) is 0 Å². The third-order valence-electron chi connectivity index (χ3n) is 2.01. The molecule has 1 aromatic heterocycles. The second-order valence-corrected chi connectivity index (χ2v) is 2.84. The first kappa shape index (κ1) is 7.64. The van der Waals surface area contributed by atoms with Gasteiger partial charge in [0.05, 0.1) is 30.9 Å². The van der Waals surface area contributed by atoms with E-state index in [1.165, 1.54) is 0 Å². The second-order valence-electron chi connectivity index (χ2n) is 2.84. The first-order chi connectivity index (χ1) is 5.88. The normalized spacial score (nSPS) is 29.1. The number of aromatic nitrogens is 2. The van der Waals surface area contributed by atoms with Crippen LogP contribution in [0.25, 0.3) is 0 Å². The van der Waals surface area contributed by atoms with Gasteiger partial charge in [0.25, 0.3) is 0 Å². The maximum atomic E-state index is 9.45. The fourth-order valence-electron chi connectivity index (χ4n) is 1.33. The predicted molar refractivity (Wildman–Crippen MR) is 41.6 cm³/mol. The summed E-state index contributed by atoms with van der Waals surface area (Å²) in [6, 6.07) is 0. The van der Waals surface area contributed by atoms with Crippen molar-refractivity contribution in [1.29, 1.82) is 0 Å². The molecule has 2 heterocycles. The van der Waals surface area contributed by atoms with E-state index in [0.29, 0.717) is 13.2 Å². The van der Waals surface area contributed by atoms with Gasteiger partial charge in [0.2, 0.25) is 0 Å². The van der Waals surface area contributed by atoms with Crippen molar-refractivity contribution in [2.75, 3.05) is 13.2 Å². The van der Waals surface area contributed by atoms with Crippen molar-refractivity contribution in [3.63, 3.8) is 0 Å². The number of rotatable bonds is 1. The Balaban J connectivity index is 2.19. The van der Waals surface area contributed by atoms with Crippen LogP contribution in [-0.4, -0.2) is 34.4 Å². The number of hydrogen-bond acceptors (Lipinski definition) is 4. The van der Waals surface area contributed by atoms with Crippen molar-refractivity contribution in [2.24, 2.45) is 0 Å². The van der Waals surface area contributed by atoms with Crippen LogP contribution < -0.4 is 0 Å². The first-order valence-corrected chi connectivity index (χ1v) is 3.89. The van der Waals surface area contributed by atoms with E-state index in [2.05, 4.69) is 9.97 Å². The molecule has 64 valence electrons. The van der Waals surface area contributed by atoms with Gasteiger partial charge < -0.3 is 9.84 Å². The van der Waals surface area contributed by atoms with Gasteiger partial charge in [-0.05, 0) is 0 Å². The maximum Gasteiger partial charge on any atom is 0.0879 e. The second kappa shape index (κ2) is 3.16. The summed E-state index contributed by atoms with van der Waals surface area (Å²) < 4.78 is 5.11. The van der Waals surface area contributed by atoms with Crippen LogP contribution >= 0.6 is 0 Å². The zero-order valence-electron chi connectivity index (χ0n) is 6.55.